The minimum absolute atomic E-state index is 0.129. The van der Waals surface area contributed by atoms with Crippen LogP contribution in [0.15, 0.2) is 21.3 Å². The van der Waals surface area contributed by atoms with Crippen LogP contribution in [0.4, 0.5) is 21.2 Å². The van der Waals surface area contributed by atoms with Crippen LogP contribution in [-0.4, -0.2) is 55.4 Å². The molecule has 2 aromatic heterocycles. The van der Waals surface area contributed by atoms with E-state index >= 15 is 0 Å². The van der Waals surface area contributed by atoms with E-state index in [2.05, 4.69) is 76.5 Å². The number of hydrogen-bond donors (Lipinski definition) is 2. The van der Waals surface area contributed by atoms with Gasteiger partial charge in [-0.25, -0.2) is 30.4 Å². The fourth-order valence-corrected chi connectivity index (χ4v) is 6.44. The molecular formula is C30H44Br2Cl2N8O4. The van der Waals surface area contributed by atoms with Crippen LogP contribution in [0.5, 0.6) is 0 Å². The fraction of sp³-hybridized carbons (Fsp3) is 0.667. The van der Waals surface area contributed by atoms with Gasteiger partial charge >= 0.3 is 12.2 Å². The third kappa shape index (κ3) is 11.5. The average Bonchev–Trinajstić information content (AvgIpc) is 3.55. The van der Waals surface area contributed by atoms with E-state index in [4.69, 9.17) is 32.7 Å². The summed E-state index contributed by atoms with van der Waals surface area (Å²) in [4.78, 5) is 40.9. The molecule has 2 heterocycles. The van der Waals surface area contributed by atoms with Crippen molar-refractivity contribution in [2.75, 3.05) is 10.0 Å². The maximum absolute atomic E-state index is 12.2. The van der Waals surface area contributed by atoms with Crippen LogP contribution in [0.3, 0.4) is 0 Å². The van der Waals surface area contributed by atoms with Crippen molar-refractivity contribution in [3.63, 3.8) is 0 Å². The third-order valence-corrected chi connectivity index (χ3v) is 8.85. The van der Waals surface area contributed by atoms with Gasteiger partial charge in [0.25, 0.3) is 0 Å². The van der Waals surface area contributed by atoms with Crippen LogP contribution in [0.2, 0.25) is 10.6 Å². The van der Waals surface area contributed by atoms with E-state index in [-0.39, 0.29) is 22.7 Å². The molecule has 2 fully saturated rings. The molecule has 4 rings (SSSR count). The predicted molar refractivity (Wildman–Crippen MR) is 187 cm³/mol. The van der Waals surface area contributed by atoms with Crippen molar-refractivity contribution < 1.29 is 19.1 Å². The first-order valence-electron chi connectivity index (χ1n) is 15.3. The average molecular weight is 811 g/mol. The quantitative estimate of drug-likeness (QED) is 0.216. The number of halogens is 4. The van der Waals surface area contributed by atoms with E-state index in [9.17, 15) is 9.59 Å². The topological polar surface area (TPSA) is 135 Å². The summed E-state index contributed by atoms with van der Waals surface area (Å²) in [5.74, 6) is 1.92. The Morgan fingerprint density at radius 3 is 1.37 bits per heavy atom. The standard InChI is InChI=1S/2C15H22BrClN4O2/c2*1-9-6-5-7-11(9)21(20-14(22)23-15(2,3)4)12-10(16)8-18-13(17)19-12/h2*8-9,11H,5-7H2,1-4H3,(H,20,22)/t2*9-,11-/m10/s1. The van der Waals surface area contributed by atoms with Crippen molar-refractivity contribution in [1.29, 1.82) is 0 Å². The van der Waals surface area contributed by atoms with Gasteiger partial charge in [0.2, 0.25) is 10.6 Å². The Labute approximate surface area is 298 Å². The van der Waals surface area contributed by atoms with E-state index in [1.165, 1.54) is 0 Å². The molecule has 0 radical (unpaired) electrons. The molecule has 0 aliphatic heterocycles. The summed E-state index contributed by atoms with van der Waals surface area (Å²) in [6, 6.07) is 0.259. The summed E-state index contributed by atoms with van der Waals surface area (Å²) in [6.07, 6.45) is 8.47. The molecule has 2 N–H and O–H groups in total. The number of carbonyl (C=O) groups excluding carboxylic acids is 2. The van der Waals surface area contributed by atoms with Gasteiger partial charge < -0.3 is 9.47 Å². The van der Waals surface area contributed by atoms with Gasteiger partial charge in [0.1, 0.15) is 11.2 Å². The van der Waals surface area contributed by atoms with Gasteiger partial charge in [-0.2, -0.15) is 9.97 Å². The molecule has 2 saturated carbocycles. The van der Waals surface area contributed by atoms with Crippen LogP contribution in [-0.2, 0) is 9.47 Å². The highest BCUT2D eigenvalue weighted by molar-refractivity contribution is 9.11. The van der Waals surface area contributed by atoms with E-state index < -0.39 is 23.4 Å². The number of carbonyl (C=O) groups is 2. The molecule has 2 aromatic rings. The summed E-state index contributed by atoms with van der Waals surface area (Å²) in [5, 5.41) is 3.77. The van der Waals surface area contributed by atoms with Gasteiger partial charge in [-0.1, -0.05) is 26.7 Å². The molecule has 46 heavy (non-hydrogen) atoms. The molecule has 256 valence electrons. The van der Waals surface area contributed by atoms with Gasteiger partial charge in [0.15, 0.2) is 11.6 Å². The number of hydrogen-bond acceptors (Lipinski definition) is 10. The lowest BCUT2D eigenvalue weighted by molar-refractivity contribution is 0.0500. The van der Waals surface area contributed by atoms with E-state index in [1.54, 1.807) is 22.4 Å². The predicted octanol–water partition coefficient (Wildman–Crippen LogP) is 8.65. The molecule has 0 spiro atoms. The van der Waals surface area contributed by atoms with Gasteiger partial charge in [-0.15, -0.1) is 0 Å². The molecule has 0 unspecified atom stereocenters. The molecule has 0 aromatic carbocycles. The Morgan fingerprint density at radius 2 is 1.09 bits per heavy atom. The number of nitrogens with zero attached hydrogens (tertiary/aromatic N) is 6. The minimum Gasteiger partial charge on any atom is -0.443 e. The first kappa shape index (κ1) is 38.3. The van der Waals surface area contributed by atoms with Gasteiger partial charge in [0.05, 0.1) is 21.0 Å². The third-order valence-electron chi connectivity index (χ3n) is 7.37. The Morgan fingerprint density at radius 1 is 0.739 bits per heavy atom. The van der Waals surface area contributed by atoms with Crippen molar-refractivity contribution in [2.24, 2.45) is 11.8 Å². The summed E-state index contributed by atoms with van der Waals surface area (Å²) in [5.41, 5.74) is 4.50. The van der Waals surface area contributed by atoms with Gasteiger partial charge in [-0.05, 0) is 134 Å². The molecule has 4 atom stereocenters. The van der Waals surface area contributed by atoms with Crippen LogP contribution in [0.1, 0.15) is 93.9 Å². The number of hydrazine groups is 2. The van der Waals surface area contributed by atoms with E-state index in [1.807, 2.05) is 41.5 Å². The highest BCUT2D eigenvalue weighted by Crippen LogP contribution is 2.35. The zero-order valence-corrected chi connectivity index (χ0v) is 32.2. The molecule has 2 amide bonds. The van der Waals surface area contributed by atoms with Crippen LogP contribution < -0.4 is 20.9 Å². The normalized spacial score (nSPS) is 21.1. The summed E-state index contributed by atoms with van der Waals surface area (Å²) < 4.78 is 12.1. The Bertz CT molecular complexity index is 1260. The SMILES string of the molecule is C[C@@H]1CCC[C@H]1N(NC(=O)OC(C)(C)C)c1nc(Cl)ncc1Br.C[C@H]1CCC[C@@H]1N(NC(=O)OC(C)(C)C)c1nc(Cl)ncc1Br. The molecule has 2 aliphatic carbocycles. The van der Waals surface area contributed by atoms with Crippen molar-refractivity contribution in [2.45, 2.75) is 117 Å². The maximum Gasteiger partial charge on any atom is 0.426 e. The Kier molecular flexibility index (Phi) is 13.6. The largest absolute Gasteiger partial charge is 0.443 e. The lowest BCUT2D eigenvalue weighted by atomic mass is 10.1. The first-order chi connectivity index (χ1) is 21.3. The number of rotatable bonds is 6. The Hall–Kier alpha value is -2.16. The zero-order chi connectivity index (χ0) is 34.4. The van der Waals surface area contributed by atoms with Crippen LogP contribution >= 0.6 is 55.1 Å². The van der Waals surface area contributed by atoms with Crippen molar-refractivity contribution in [3.05, 3.63) is 31.9 Å². The smallest absolute Gasteiger partial charge is 0.426 e. The second-order valence-electron chi connectivity index (χ2n) is 13.5. The molecule has 2 aliphatic rings. The Balaban J connectivity index is 0.000000250. The van der Waals surface area contributed by atoms with Crippen molar-refractivity contribution in [1.82, 2.24) is 30.8 Å². The second kappa shape index (κ2) is 16.3. The number of aromatic nitrogens is 4. The van der Waals surface area contributed by atoms with Gasteiger partial charge in [0, 0.05) is 12.4 Å². The number of amides is 2. The molecular weight excluding hydrogens is 767 g/mol. The van der Waals surface area contributed by atoms with Crippen molar-refractivity contribution in [3.8, 4) is 0 Å². The number of ether oxygens (including phenoxy) is 2. The van der Waals surface area contributed by atoms with Crippen LogP contribution in [0, 0.1) is 11.8 Å². The lowest BCUT2D eigenvalue weighted by Crippen LogP contribution is -2.51. The fourth-order valence-electron chi connectivity index (χ4n) is 5.42. The first-order valence-corrected chi connectivity index (χ1v) is 17.6. The van der Waals surface area contributed by atoms with E-state index in [0.29, 0.717) is 32.4 Å². The highest BCUT2D eigenvalue weighted by atomic mass is 79.9. The van der Waals surface area contributed by atoms with Crippen molar-refractivity contribution >= 4 is 78.9 Å². The molecule has 0 saturated heterocycles. The lowest BCUT2D eigenvalue weighted by Gasteiger charge is -2.34. The molecule has 12 nitrogen and oxygen atoms in total. The second-order valence-corrected chi connectivity index (χ2v) is 15.9. The highest BCUT2D eigenvalue weighted by Gasteiger charge is 2.35. The summed E-state index contributed by atoms with van der Waals surface area (Å²) >= 11 is 18.7. The number of nitrogens with one attached hydrogen (secondary N) is 2. The van der Waals surface area contributed by atoms with E-state index in [0.717, 1.165) is 38.5 Å². The minimum atomic E-state index is -0.572. The summed E-state index contributed by atoms with van der Waals surface area (Å²) in [7, 11) is 0. The number of anilines is 2. The molecule has 0 bridgehead atoms. The van der Waals surface area contributed by atoms with Gasteiger partial charge in [-0.3, -0.25) is 10.0 Å². The summed E-state index contributed by atoms with van der Waals surface area (Å²) in [6.45, 7) is 15.3. The maximum atomic E-state index is 12.2. The molecule has 16 heteroatoms. The van der Waals surface area contributed by atoms with Crippen LogP contribution in [0.25, 0.3) is 0 Å². The zero-order valence-electron chi connectivity index (χ0n) is 27.5. The monoisotopic (exact) mass is 808 g/mol.